The maximum absolute atomic E-state index is 12.5. The molecule has 202 valence electrons. The number of nitrogens with two attached hydrogens (primary N) is 1. The number of hydrogen-bond acceptors (Lipinski definition) is 4. The highest BCUT2D eigenvalue weighted by Crippen LogP contribution is 2.46. The minimum absolute atomic E-state index is 0.226. The number of rotatable bonds is 6. The molecule has 3 aromatic rings. The molecule has 1 aromatic heterocycles. The lowest BCUT2D eigenvalue weighted by molar-refractivity contribution is -0.274. The van der Waals surface area contributed by atoms with E-state index in [0.717, 1.165) is 42.7 Å². The molecule has 37 heavy (non-hydrogen) atoms. The van der Waals surface area contributed by atoms with E-state index in [1.165, 1.54) is 29.7 Å². The number of alkyl halides is 3. The van der Waals surface area contributed by atoms with E-state index in [1.807, 2.05) is 0 Å². The largest absolute Gasteiger partial charge is 0.573 e. The molecule has 0 aliphatic heterocycles. The number of ether oxygens (including phenoxy) is 1. The summed E-state index contributed by atoms with van der Waals surface area (Å²) in [4.78, 5) is 13.6. The monoisotopic (exact) mass is 518 g/mol. The maximum atomic E-state index is 12.5. The van der Waals surface area contributed by atoms with Crippen LogP contribution in [0.5, 0.6) is 5.75 Å². The minimum atomic E-state index is -4.71. The molecule has 3 N–H and O–H groups in total. The number of carbonyl (C=O) groups excluding carboxylic acids is 1. The number of aromatic nitrogens is 2. The van der Waals surface area contributed by atoms with Gasteiger partial charge < -0.3 is 20.4 Å². The quantitative estimate of drug-likeness (QED) is 0.336. The van der Waals surface area contributed by atoms with E-state index in [-0.39, 0.29) is 23.6 Å². The fourth-order valence-electron chi connectivity index (χ4n) is 5.80. The predicted molar refractivity (Wildman–Crippen MR) is 141 cm³/mol. The summed E-state index contributed by atoms with van der Waals surface area (Å²) >= 11 is 0. The van der Waals surface area contributed by atoms with Crippen LogP contribution in [0.25, 0.3) is 11.0 Å². The van der Waals surface area contributed by atoms with E-state index in [1.54, 1.807) is 12.1 Å². The lowest BCUT2D eigenvalue weighted by atomic mass is 9.70. The molecule has 0 saturated heterocycles. The van der Waals surface area contributed by atoms with Gasteiger partial charge in [0.1, 0.15) is 5.75 Å². The van der Waals surface area contributed by atoms with Crippen LogP contribution in [-0.2, 0) is 17.6 Å². The standard InChI is InChI=1S/C27H34F3N3O.CH3NO/c1-6-18-8-13-23-24(22(18)7-2)32-25(33(23)20-14-17(3)15-26(4,5)16-20)31-19-9-11-21(12-10-19)34-27(28,29)30;2-1-3/h8-13,17,20H,6-7,14-16H2,1-5H3,(H,31,32);1H,(H2,2,3). The lowest BCUT2D eigenvalue weighted by Gasteiger charge is -2.40. The smallest absolute Gasteiger partial charge is 0.406 e. The number of imidazole rings is 1. The average molecular weight is 519 g/mol. The molecule has 2 aromatic carbocycles. The fraction of sp³-hybridized carbons (Fsp3) is 0.500. The summed E-state index contributed by atoms with van der Waals surface area (Å²) < 4.78 is 44.0. The van der Waals surface area contributed by atoms with Gasteiger partial charge in [-0.3, -0.25) is 4.79 Å². The van der Waals surface area contributed by atoms with Crippen molar-refractivity contribution in [1.29, 1.82) is 0 Å². The molecule has 4 rings (SSSR count). The zero-order chi connectivity index (χ0) is 27.4. The third-order valence-corrected chi connectivity index (χ3v) is 6.87. The van der Waals surface area contributed by atoms with E-state index in [0.29, 0.717) is 11.6 Å². The van der Waals surface area contributed by atoms with Gasteiger partial charge in [0.05, 0.1) is 11.0 Å². The molecular weight excluding hydrogens is 481 g/mol. The summed E-state index contributed by atoms with van der Waals surface area (Å²) in [5.41, 5.74) is 9.75. The molecule has 1 fully saturated rings. The first kappa shape index (κ1) is 28.3. The van der Waals surface area contributed by atoms with E-state index in [2.05, 4.69) is 67.1 Å². The number of benzene rings is 2. The third kappa shape index (κ3) is 6.96. The number of amides is 1. The molecule has 1 amide bonds. The Bertz CT molecular complexity index is 1200. The summed E-state index contributed by atoms with van der Waals surface area (Å²) in [6, 6.07) is 10.5. The maximum Gasteiger partial charge on any atom is 0.573 e. The second-order valence-electron chi connectivity index (χ2n) is 10.5. The van der Waals surface area contributed by atoms with Gasteiger partial charge in [-0.15, -0.1) is 13.2 Å². The highest BCUT2D eigenvalue weighted by molar-refractivity contribution is 5.84. The Balaban J connectivity index is 0.00000121. The Morgan fingerprint density at radius 3 is 2.32 bits per heavy atom. The molecule has 1 aliphatic carbocycles. The van der Waals surface area contributed by atoms with Crippen LogP contribution in [0.1, 0.15) is 71.0 Å². The number of nitrogens with one attached hydrogen (secondary N) is 1. The molecular formula is C28H37F3N4O2. The number of anilines is 2. The van der Waals surface area contributed by atoms with Crippen molar-refractivity contribution in [3.05, 3.63) is 47.5 Å². The summed E-state index contributed by atoms with van der Waals surface area (Å²) in [6.07, 6.45) is 0.697. The summed E-state index contributed by atoms with van der Waals surface area (Å²) in [5.74, 6) is 1.09. The number of hydrogen-bond donors (Lipinski definition) is 2. The van der Waals surface area contributed by atoms with Crippen LogP contribution in [0, 0.1) is 11.3 Å². The number of nitrogens with zero attached hydrogens (tertiary/aromatic N) is 2. The van der Waals surface area contributed by atoms with Crippen molar-refractivity contribution in [2.24, 2.45) is 17.1 Å². The Kier molecular flexibility index (Phi) is 8.76. The van der Waals surface area contributed by atoms with Crippen molar-refractivity contribution < 1.29 is 22.7 Å². The normalized spacial score (nSPS) is 19.1. The number of aryl methyl sites for hydroxylation is 2. The van der Waals surface area contributed by atoms with Crippen LogP contribution in [0.15, 0.2) is 36.4 Å². The van der Waals surface area contributed by atoms with Gasteiger partial charge in [-0.05, 0) is 84.9 Å². The van der Waals surface area contributed by atoms with Crippen LogP contribution in [0.2, 0.25) is 0 Å². The minimum Gasteiger partial charge on any atom is -0.406 e. The molecule has 1 heterocycles. The third-order valence-electron chi connectivity index (χ3n) is 6.87. The number of carbonyl (C=O) groups is 1. The van der Waals surface area contributed by atoms with Crippen molar-refractivity contribution in [1.82, 2.24) is 9.55 Å². The average Bonchev–Trinajstić information content (AvgIpc) is 3.15. The van der Waals surface area contributed by atoms with Crippen LogP contribution >= 0.6 is 0 Å². The molecule has 0 radical (unpaired) electrons. The lowest BCUT2D eigenvalue weighted by Crippen LogP contribution is -2.29. The number of halogens is 3. The molecule has 0 bridgehead atoms. The first-order chi connectivity index (χ1) is 17.4. The van der Waals surface area contributed by atoms with Crippen molar-refractivity contribution in [3.8, 4) is 5.75 Å². The van der Waals surface area contributed by atoms with E-state index in [4.69, 9.17) is 9.78 Å². The van der Waals surface area contributed by atoms with Crippen LogP contribution < -0.4 is 15.8 Å². The van der Waals surface area contributed by atoms with Crippen LogP contribution in [0.3, 0.4) is 0 Å². The van der Waals surface area contributed by atoms with Gasteiger partial charge in [-0.25, -0.2) is 4.98 Å². The van der Waals surface area contributed by atoms with Gasteiger partial charge >= 0.3 is 6.36 Å². The second-order valence-corrected chi connectivity index (χ2v) is 10.5. The van der Waals surface area contributed by atoms with Gasteiger partial charge in [-0.2, -0.15) is 0 Å². The Morgan fingerprint density at radius 1 is 1.14 bits per heavy atom. The van der Waals surface area contributed by atoms with E-state index < -0.39 is 6.36 Å². The van der Waals surface area contributed by atoms with Crippen molar-refractivity contribution in [3.63, 3.8) is 0 Å². The van der Waals surface area contributed by atoms with Gasteiger partial charge in [-0.1, -0.05) is 40.7 Å². The Labute approximate surface area is 216 Å². The molecule has 0 spiro atoms. The number of primary amides is 1. The summed E-state index contributed by atoms with van der Waals surface area (Å²) in [6.45, 7) is 11.3. The topological polar surface area (TPSA) is 82.2 Å². The highest BCUT2D eigenvalue weighted by atomic mass is 19.4. The SMILES string of the molecule is CCc1ccc2c(nc(Nc3ccc(OC(F)(F)F)cc3)n2C2CC(C)CC(C)(C)C2)c1CC.NC=O. The zero-order valence-corrected chi connectivity index (χ0v) is 22.2. The first-order valence-electron chi connectivity index (χ1n) is 12.7. The molecule has 2 atom stereocenters. The molecule has 1 aliphatic rings. The zero-order valence-electron chi connectivity index (χ0n) is 22.2. The van der Waals surface area contributed by atoms with Crippen LogP contribution in [0.4, 0.5) is 24.8 Å². The summed E-state index contributed by atoms with van der Waals surface area (Å²) in [5, 5.41) is 3.40. The molecule has 6 nitrogen and oxygen atoms in total. The summed E-state index contributed by atoms with van der Waals surface area (Å²) in [7, 11) is 0. The van der Waals surface area contributed by atoms with Gasteiger partial charge in [0, 0.05) is 11.7 Å². The van der Waals surface area contributed by atoms with Gasteiger partial charge in [0.2, 0.25) is 12.4 Å². The second kappa shape index (κ2) is 11.4. The number of fused-ring (bicyclic) bond motifs is 1. The van der Waals surface area contributed by atoms with E-state index >= 15 is 0 Å². The molecule has 1 saturated carbocycles. The molecule has 2 unspecified atom stereocenters. The predicted octanol–water partition coefficient (Wildman–Crippen LogP) is 7.29. The molecule has 9 heteroatoms. The highest BCUT2D eigenvalue weighted by Gasteiger charge is 2.35. The van der Waals surface area contributed by atoms with Crippen LogP contribution in [-0.4, -0.2) is 22.3 Å². The van der Waals surface area contributed by atoms with Crippen molar-refractivity contribution in [2.45, 2.75) is 79.1 Å². The van der Waals surface area contributed by atoms with Crippen molar-refractivity contribution >= 4 is 29.1 Å². The Morgan fingerprint density at radius 2 is 1.78 bits per heavy atom. The first-order valence-corrected chi connectivity index (χ1v) is 12.7. The Hall–Kier alpha value is -3.23. The van der Waals surface area contributed by atoms with E-state index in [9.17, 15) is 13.2 Å². The van der Waals surface area contributed by atoms with Crippen molar-refractivity contribution in [2.75, 3.05) is 5.32 Å². The van der Waals surface area contributed by atoms with Gasteiger partial charge in [0.15, 0.2) is 0 Å². The van der Waals surface area contributed by atoms with Gasteiger partial charge in [0.25, 0.3) is 0 Å². The fourth-order valence-corrected chi connectivity index (χ4v) is 5.80.